The van der Waals surface area contributed by atoms with E-state index in [4.69, 9.17) is 0 Å². The van der Waals surface area contributed by atoms with Crippen LogP contribution in [0.4, 0.5) is 13.2 Å². The van der Waals surface area contributed by atoms with Gasteiger partial charge >= 0.3 is 6.18 Å². The summed E-state index contributed by atoms with van der Waals surface area (Å²) >= 11 is 0. The molecule has 1 aliphatic carbocycles. The quantitative estimate of drug-likeness (QED) is 0.589. The first-order valence-electron chi connectivity index (χ1n) is 5.10. The van der Waals surface area contributed by atoms with Gasteiger partial charge in [0.2, 0.25) is 0 Å². The van der Waals surface area contributed by atoms with Gasteiger partial charge in [0.15, 0.2) is 0 Å². The van der Waals surface area contributed by atoms with Crippen molar-refractivity contribution < 1.29 is 13.2 Å². The first-order valence-corrected chi connectivity index (χ1v) is 5.10. The molecular formula is C10H17F3. The van der Waals surface area contributed by atoms with E-state index in [0.717, 1.165) is 25.7 Å². The van der Waals surface area contributed by atoms with Crippen LogP contribution in [0.15, 0.2) is 0 Å². The third-order valence-electron chi connectivity index (χ3n) is 2.91. The molecule has 0 radical (unpaired) electrons. The Morgan fingerprint density at radius 1 is 1.15 bits per heavy atom. The van der Waals surface area contributed by atoms with E-state index in [9.17, 15) is 13.2 Å². The van der Waals surface area contributed by atoms with Crippen molar-refractivity contribution in [1.29, 1.82) is 0 Å². The SMILES string of the molecule is CCCCC[C@H]1C[C@@H](C(F)(F)F)C1. The van der Waals surface area contributed by atoms with Crippen molar-refractivity contribution in [3.05, 3.63) is 0 Å². The minimum absolute atomic E-state index is 0.359. The molecule has 0 aromatic heterocycles. The number of halogens is 3. The zero-order valence-corrected chi connectivity index (χ0v) is 8.03. The molecule has 0 heterocycles. The number of unbranched alkanes of at least 4 members (excludes halogenated alkanes) is 2. The van der Waals surface area contributed by atoms with Gasteiger partial charge in [-0.3, -0.25) is 0 Å². The van der Waals surface area contributed by atoms with Gasteiger partial charge in [-0.1, -0.05) is 32.6 Å². The molecule has 0 nitrogen and oxygen atoms in total. The summed E-state index contributed by atoms with van der Waals surface area (Å²) in [7, 11) is 0. The van der Waals surface area contributed by atoms with Crippen LogP contribution in [0.5, 0.6) is 0 Å². The lowest BCUT2D eigenvalue weighted by atomic mass is 9.72. The van der Waals surface area contributed by atoms with Crippen molar-refractivity contribution >= 4 is 0 Å². The molecule has 0 unspecified atom stereocenters. The maximum atomic E-state index is 12.1. The Bertz CT molecular complexity index is 145. The molecular weight excluding hydrogens is 177 g/mol. The summed E-state index contributed by atoms with van der Waals surface area (Å²) in [6.45, 7) is 2.11. The molecule has 78 valence electrons. The molecule has 1 saturated carbocycles. The van der Waals surface area contributed by atoms with Crippen molar-refractivity contribution in [2.24, 2.45) is 11.8 Å². The Morgan fingerprint density at radius 3 is 2.23 bits per heavy atom. The normalized spacial score (nSPS) is 28.6. The summed E-state index contributed by atoms with van der Waals surface area (Å²) in [4.78, 5) is 0. The van der Waals surface area contributed by atoms with E-state index >= 15 is 0 Å². The smallest absolute Gasteiger partial charge is 0.171 e. The fourth-order valence-electron chi connectivity index (χ4n) is 1.92. The summed E-state index contributed by atoms with van der Waals surface area (Å²) in [5.41, 5.74) is 0. The maximum Gasteiger partial charge on any atom is 0.391 e. The second kappa shape index (κ2) is 4.34. The molecule has 0 aromatic carbocycles. The van der Waals surface area contributed by atoms with Gasteiger partial charge in [0.25, 0.3) is 0 Å². The second-order valence-corrected chi connectivity index (χ2v) is 4.07. The standard InChI is InChI=1S/C10H17F3/c1-2-3-4-5-8-6-9(7-8)10(11,12)13/h8-9H,2-7H2,1H3/t8-,9+. The molecule has 13 heavy (non-hydrogen) atoms. The number of alkyl halides is 3. The van der Waals surface area contributed by atoms with Crippen molar-refractivity contribution in [1.82, 2.24) is 0 Å². The number of rotatable bonds is 4. The molecule has 0 saturated heterocycles. The van der Waals surface area contributed by atoms with Gasteiger partial charge in [-0.25, -0.2) is 0 Å². The van der Waals surface area contributed by atoms with Crippen LogP contribution in [-0.4, -0.2) is 6.18 Å². The molecule has 1 rings (SSSR count). The average Bonchev–Trinajstić information content (AvgIpc) is 1.91. The van der Waals surface area contributed by atoms with Crippen LogP contribution in [0, 0.1) is 11.8 Å². The summed E-state index contributed by atoms with van der Waals surface area (Å²) in [6, 6.07) is 0. The van der Waals surface area contributed by atoms with E-state index in [0.29, 0.717) is 18.8 Å². The molecule has 1 fully saturated rings. The lowest BCUT2D eigenvalue weighted by Gasteiger charge is -2.36. The van der Waals surface area contributed by atoms with Crippen molar-refractivity contribution in [3.8, 4) is 0 Å². The van der Waals surface area contributed by atoms with Crippen LogP contribution >= 0.6 is 0 Å². The Morgan fingerprint density at radius 2 is 1.77 bits per heavy atom. The third-order valence-corrected chi connectivity index (χ3v) is 2.91. The number of hydrogen-bond acceptors (Lipinski definition) is 0. The highest BCUT2D eigenvalue weighted by atomic mass is 19.4. The van der Waals surface area contributed by atoms with Gasteiger partial charge in [-0.15, -0.1) is 0 Å². The van der Waals surface area contributed by atoms with Crippen LogP contribution in [-0.2, 0) is 0 Å². The van der Waals surface area contributed by atoms with Gasteiger partial charge in [0.05, 0.1) is 5.92 Å². The molecule has 0 atom stereocenters. The molecule has 0 aliphatic heterocycles. The molecule has 0 N–H and O–H groups in total. The highest BCUT2D eigenvalue weighted by Crippen LogP contribution is 2.46. The van der Waals surface area contributed by atoms with Crippen LogP contribution in [0.25, 0.3) is 0 Å². The summed E-state index contributed by atoms with van der Waals surface area (Å²) in [5.74, 6) is -0.627. The second-order valence-electron chi connectivity index (χ2n) is 4.07. The Hall–Kier alpha value is -0.210. The molecule has 0 spiro atoms. The third kappa shape index (κ3) is 3.20. The Kier molecular flexibility index (Phi) is 3.63. The van der Waals surface area contributed by atoms with Gasteiger partial charge in [0, 0.05) is 0 Å². The number of hydrogen-bond donors (Lipinski definition) is 0. The van der Waals surface area contributed by atoms with Crippen molar-refractivity contribution in [2.45, 2.75) is 51.6 Å². The zero-order chi connectivity index (χ0) is 9.90. The van der Waals surface area contributed by atoms with E-state index in [2.05, 4.69) is 6.92 Å². The predicted molar refractivity (Wildman–Crippen MR) is 46.4 cm³/mol. The van der Waals surface area contributed by atoms with E-state index in [1.807, 2.05) is 0 Å². The molecule has 1 aliphatic rings. The van der Waals surface area contributed by atoms with Crippen molar-refractivity contribution in [3.63, 3.8) is 0 Å². The average molecular weight is 194 g/mol. The predicted octanol–water partition coefficient (Wildman–Crippen LogP) is 4.16. The lowest BCUT2D eigenvalue weighted by molar-refractivity contribution is -0.205. The lowest BCUT2D eigenvalue weighted by Crippen LogP contribution is -2.35. The molecule has 0 amide bonds. The Labute approximate surface area is 77.5 Å². The van der Waals surface area contributed by atoms with Gasteiger partial charge < -0.3 is 0 Å². The fourth-order valence-corrected chi connectivity index (χ4v) is 1.92. The van der Waals surface area contributed by atoms with Crippen LogP contribution in [0.1, 0.15) is 45.4 Å². The first-order chi connectivity index (χ1) is 6.04. The minimum atomic E-state index is -3.93. The molecule has 3 heteroatoms. The minimum Gasteiger partial charge on any atom is -0.171 e. The van der Waals surface area contributed by atoms with Crippen LogP contribution in [0.3, 0.4) is 0 Å². The van der Waals surface area contributed by atoms with Crippen LogP contribution < -0.4 is 0 Å². The maximum absolute atomic E-state index is 12.1. The fraction of sp³-hybridized carbons (Fsp3) is 1.00. The largest absolute Gasteiger partial charge is 0.391 e. The molecule has 0 bridgehead atoms. The first kappa shape index (κ1) is 10.9. The zero-order valence-electron chi connectivity index (χ0n) is 8.03. The van der Waals surface area contributed by atoms with E-state index < -0.39 is 12.1 Å². The highest BCUT2D eigenvalue weighted by molar-refractivity contribution is 4.83. The monoisotopic (exact) mass is 194 g/mol. The molecule has 0 aromatic rings. The van der Waals surface area contributed by atoms with E-state index in [1.54, 1.807) is 0 Å². The van der Waals surface area contributed by atoms with Gasteiger partial charge in [-0.05, 0) is 18.8 Å². The van der Waals surface area contributed by atoms with Crippen LogP contribution in [0.2, 0.25) is 0 Å². The van der Waals surface area contributed by atoms with Gasteiger partial charge in [0.1, 0.15) is 0 Å². The summed E-state index contributed by atoms with van der Waals surface area (Å²) in [5, 5.41) is 0. The topological polar surface area (TPSA) is 0 Å². The van der Waals surface area contributed by atoms with E-state index in [1.165, 1.54) is 0 Å². The summed E-state index contributed by atoms with van der Waals surface area (Å²) < 4.78 is 36.2. The van der Waals surface area contributed by atoms with E-state index in [-0.39, 0.29) is 0 Å². The summed E-state index contributed by atoms with van der Waals surface area (Å²) in [6.07, 6.45) is 1.25. The van der Waals surface area contributed by atoms with Crippen molar-refractivity contribution in [2.75, 3.05) is 0 Å². The Balaban J connectivity index is 2.05. The highest BCUT2D eigenvalue weighted by Gasteiger charge is 2.47. The van der Waals surface area contributed by atoms with Gasteiger partial charge in [-0.2, -0.15) is 13.2 Å².